The van der Waals surface area contributed by atoms with E-state index in [0.29, 0.717) is 17.2 Å². The summed E-state index contributed by atoms with van der Waals surface area (Å²) in [7, 11) is 0. The van der Waals surface area contributed by atoms with Crippen molar-refractivity contribution in [2.45, 2.75) is 64.4 Å². The Morgan fingerprint density at radius 2 is 1.89 bits per heavy atom. The van der Waals surface area contributed by atoms with Crippen molar-refractivity contribution in [3.8, 4) is 5.75 Å². The first-order valence-electron chi connectivity index (χ1n) is 10.9. The summed E-state index contributed by atoms with van der Waals surface area (Å²) in [4.78, 5) is 17.3. The monoisotopic (exact) mass is 386 g/mol. The molecule has 1 aromatic heterocycles. The molecule has 4 rings (SSSR count). The van der Waals surface area contributed by atoms with Gasteiger partial charge in [0.05, 0.1) is 5.39 Å². The Hall–Kier alpha value is -1.88. The van der Waals surface area contributed by atoms with Crippen LogP contribution < -0.4 is 10.3 Å². The first-order chi connectivity index (χ1) is 13.7. The first-order valence-corrected chi connectivity index (χ1v) is 10.9. The minimum Gasteiger partial charge on any atom is -0.487 e. The van der Waals surface area contributed by atoms with E-state index in [1.54, 1.807) is 18.3 Å². The fourth-order valence-electron chi connectivity index (χ4n) is 4.86. The molecule has 4 nitrogen and oxygen atoms in total. The number of benzene rings is 1. The van der Waals surface area contributed by atoms with E-state index in [2.05, 4.69) is 9.88 Å². The third-order valence-corrected chi connectivity index (χ3v) is 6.50. The smallest absolute Gasteiger partial charge is 0.255 e. The maximum absolute atomic E-state index is 15.1. The third-order valence-electron chi connectivity index (χ3n) is 6.50. The summed E-state index contributed by atoms with van der Waals surface area (Å²) in [5.74, 6) is 0.735. The molecule has 1 aliphatic heterocycles. The SMILES string of the molecule is CCc1c[nH]c(=O)c2ccc(OC3CCN(CC4CCCCC4)CC3)c(F)c12. The Kier molecular flexibility index (Phi) is 6.00. The molecule has 1 N–H and O–H groups in total. The van der Waals surface area contributed by atoms with Gasteiger partial charge in [-0.3, -0.25) is 4.79 Å². The lowest BCUT2D eigenvalue weighted by atomic mass is 9.88. The lowest BCUT2D eigenvalue weighted by Crippen LogP contribution is -2.41. The molecule has 0 spiro atoms. The number of aryl methyl sites for hydroxylation is 1. The van der Waals surface area contributed by atoms with Crippen LogP contribution in [0.4, 0.5) is 4.39 Å². The summed E-state index contributed by atoms with van der Waals surface area (Å²) in [5.41, 5.74) is 0.550. The number of nitrogens with zero attached hydrogens (tertiary/aromatic N) is 1. The molecule has 0 radical (unpaired) electrons. The molecule has 0 atom stereocenters. The van der Waals surface area contributed by atoms with E-state index in [4.69, 9.17) is 4.74 Å². The van der Waals surface area contributed by atoms with Gasteiger partial charge in [0.15, 0.2) is 11.6 Å². The van der Waals surface area contributed by atoms with E-state index >= 15 is 4.39 Å². The number of H-pyrrole nitrogens is 1. The van der Waals surface area contributed by atoms with Crippen molar-refractivity contribution >= 4 is 10.8 Å². The van der Waals surface area contributed by atoms with Crippen LogP contribution in [0.25, 0.3) is 10.8 Å². The lowest BCUT2D eigenvalue weighted by molar-refractivity contribution is 0.0839. The maximum Gasteiger partial charge on any atom is 0.255 e. The zero-order valence-electron chi connectivity index (χ0n) is 16.8. The van der Waals surface area contributed by atoms with Crippen molar-refractivity contribution in [2.75, 3.05) is 19.6 Å². The van der Waals surface area contributed by atoms with Crippen LogP contribution in [0.15, 0.2) is 23.1 Å². The second-order valence-electron chi connectivity index (χ2n) is 8.42. The summed E-state index contributed by atoms with van der Waals surface area (Å²) in [5, 5.41) is 0.796. The minimum absolute atomic E-state index is 0.0432. The quantitative estimate of drug-likeness (QED) is 0.813. The maximum atomic E-state index is 15.1. The fourth-order valence-corrected chi connectivity index (χ4v) is 4.86. The second-order valence-corrected chi connectivity index (χ2v) is 8.42. The molecule has 0 bridgehead atoms. The van der Waals surface area contributed by atoms with Crippen molar-refractivity contribution < 1.29 is 9.13 Å². The van der Waals surface area contributed by atoms with Crippen LogP contribution >= 0.6 is 0 Å². The molecule has 1 saturated heterocycles. The number of halogens is 1. The number of piperidine rings is 1. The van der Waals surface area contributed by atoms with Gasteiger partial charge in [0.25, 0.3) is 5.56 Å². The zero-order valence-corrected chi connectivity index (χ0v) is 16.8. The number of hydrogen-bond acceptors (Lipinski definition) is 3. The summed E-state index contributed by atoms with van der Waals surface area (Å²) < 4.78 is 21.2. The number of aromatic amines is 1. The van der Waals surface area contributed by atoms with Gasteiger partial charge >= 0.3 is 0 Å². The van der Waals surface area contributed by atoms with Crippen LogP contribution in [0.3, 0.4) is 0 Å². The van der Waals surface area contributed by atoms with Crippen LogP contribution in [-0.2, 0) is 6.42 Å². The summed E-state index contributed by atoms with van der Waals surface area (Å²) in [6, 6.07) is 3.30. The van der Waals surface area contributed by atoms with Gasteiger partial charge in [-0.2, -0.15) is 0 Å². The van der Waals surface area contributed by atoms with E-state index in [9.17, 15) is 4.79 Å². The molecule has 2 aliphatic rings. The third kappa shape index (κ3) is 4.09. The standard InChI is InChI=1S/C23H31FN2O2/c1-2-17-14-25-23(27)19-8-9-20(22(24)21(17)19)28-18-10-12-26(13-11-18)15-16-6-4-3-5-7-16/h8-9,14,16,18H,2-7,10-13,15H2,1H3,(H,25,27). The van der Waals surface area contributed by atoms with Gasteiger partial charge in [0, 0.05) is 31.2 Å². The molecule has 152 valence electrons. The Balaban J connectivity index is 1.42. The van der Waals surface area contributed by atoms with Gasteiger partial charge in [0.1, 0.15) is 6.10 Å². The normalized spacial score (nSPS) is 19.9. The van der Waals surface area contributed by atoms with E-state index in [0.717, 1.165) is 37.4 Å². The van der Waals surface area contributed by atoms with Crippen LogP contribution in [0.5, 0.6) is 5.75 Å². The van der Waals surface area contributed by atoms with Gasteiger partial charge in [-0.15, -0.1) is 0 Å². The lowest BCUT2D eigenvalue weighted by Gasteiger charge is -2.35. The van der Waals surface area contributed by atoms with Crippen molar-refractivity contribution in [2.24, 2.45) is 5.92 Å². The summed E-state index contributed by atoms with van der Waals surface area (Å²) >= 11 is 0. The molecule has 1 saturated carbocycles. The van der Waals surface area contributed by atoms with Crippen LogP contribution in [0.2, 0.25) is 0 Å². The first kappa shape index (κ1) is 19.4. The number of pyridine rings is 1. The molecule has 1 aliphatic carbocycles. The van der Waals surface area contributed by atoms with Crippen molar-refractivity contribution in [1.29, 1.82) is 0 Å². The molecule has 28 heavy (non-hydrogen) atoms. The van der Waals surface area contributed by atoms with Gasteiger partial charge in [-0.05, 0) is 55.7 Å². The highest BCUT2D eigenvalue weighted by molar-refractivity contribution is 5.86. The Morgan fingerprint density at radius 1 is 1.14 bits per heavy atom. The average Bonchev–Trinajstić information content (AvgIpc) is 2.73. The number of rotatable bonds is 5. The molecule has 2 heterocycles. The summed E-state index contributed by atoms with van der Waals surface area (Å²) in [6.45, 7) is 5.22. The van der Waals surface area contributed by atoms with Gasteiger partial charge in [0.2, 0.25) is 0 Å². The largest absolute Gasteiger partial charge is 0.487 e. The Labute approximate surface area is 166 Å². The molecular formula is C23H31FN2O2. The van der Waals surface area contributed by atoms with Gasteiger partial charge in [-0.1, -0.05) is 26.2 Å². The fraction of sp³-hybridized carbons (Fsp3) is 0.609. The highest BCUT2D eigenvalue weighted by Crippen LogP contribution is 2.30. The Morgan fingerprint density at radius 3 is 2.61 bits per heavy atom. The van der Waals surface area contributed by atoms with Crippen molar-refractivity contribution in [3.63, 3.8) is 0 Å². The molecule has 0 unspecified atom stereocenters. The topological polar surface area (TPSA) is 45.3 Å². The van der Waals surface area contributed by atoms with Crippen molar-refractivity contribution in [1.82, 2.24) is 9.88 Å². The van der Waals surface area contributed by atoms with Crippen LogP contribution in [-0.4, -0.2) is 35.6 Å². The highest BCUT2D eigenvalue weighted by atomic mass is 19.1. The molecule has 2 fully saturated rings. The molecule has 0 amide bonds. The zero-order chi connectivity index (χ0) is 19.5. The molecule has 5 heteroatoms. The van der Waals surface area contributed by atoms with Crippen molar-refractivity contribution in [3.05, 3.63) is 40.1 Å². The number of fused-ring (bicyclic) bond motifs is 1. The number of ether oxygens (including phenoxy) is 1. The van der Waals surface area contributed by atoms with Gasteiger partial charge in [-0.25, -0.2) is 4.39 Å². The van der Waals surface area contributed by atoms with Crippen LogP contribution in [0, 0.1) is 11.7 Å². The van der Waals surface area contributed by atoms with E-state index < -0.39 is 5.82 Å². The number of hydrogen-bond donors (Lipinski definition) is 1. The van der Waals surface area contributed by atoms with Gasteiger partial charge < -0.3 is 14.6 Å². The predicted octanol–water partition coefficient (Wildman–Crippen LogP) is 4.65. The van der Waals surface area contributed by atoms with E-state index in [1.165, 1.54) is 38.6 Å². The van der Waals surface area contributed by atoms with E-state index in [1.807, 2.05) is 6.92 Å². The second kappa shape index (κ2) is 8.64. The van der Waals surface area contributed by atoms with Crippen LogP contribution in [0.1, 0.15) is 57.4 Å². The molecule has 2 aromatic rings. The molecular weight excluding hydrogens is 355 g/mol. The highest BCUT2D eigenvalue weighted by Gasteiger charge is 2.25. The number of nitrogens with one attached hydrogen (secondary N) is 1. The number of aromatic nitrogens is 1. The average molecular weight is 387 g/mol. The predicted molar refractivity (Wildman–Crippen MR) is 111 cm³/mol. The Bertz CT molecular complexity index is 865. The minimum atomic E-state index is -0.398. The van der Waals surface area contributed by atoms with E-state index in [-0.39, 0.29) is 17.4 Å². The summed E-state index contributed by atoms with van der Waals surface area (Å²) in [6.07, 6.45) is 11.1. The number of likely N-dealkylation sites (tertiary alicyclic amines) is 1. The molecule has 1 aromatic carbocycles.